The second kappa shape index (κ2) is 2.80. The van der Waals surface area contributed by atoms with Crippen LogP contribution >= 0.6 is 0 Å². The zero-order valence-electron chi connectivity index (χ0n) is 5.22. The molecule has 1 unspecified atom stereocenters. The van der Waals surface area contributed by atoms with Crippen molar-refractivity contribution in [1.82, 2.24) is 4.90 Å². The van der Waals surface area contributed by atoms with Gasteiger partial charge in [0.05, 0.1) is 6.04 Å². The van der Waals surface area contributed by atoms with E-state index in [-0.39, 0.29) is 6.04 Å². The summed E-state index contributed by atoms with van der Waals surface area (Å²) in [7, 11) is 0. The SMILES string of the molecule is O=CN1CCCC1CF. The quantitative estimate of drug-likeness (QED) is 0.502. The Balaban J connectivity index is 2.41. The Hall–Kier alpha value is -0.600. The lowest BCUT2D eigenvalue weighted by molar-refractivity contribution is -0.119. The highest BCUT2D eigenvalue weighted by Gasteiger charge is 2.21. The standard InChI is InChI=1S/C6H10FNO/c7-4-6-2-1-3-8(6)5-9/h5-6H,1-4H2. The van der Waals surface area contributed by atoms with Crippen LogP contribution in [0.1, 0.15) is 12.8 Å². The van der Waals surface area contributed by atoms with E-state index < -0.39 is 6.67 Å². The third-order valence-corrected chi connectivity index (χ3v) is 1.74. The zero-order chi connectivity index (χ0) is 6.69. The van der Waals surface area contributed by atoms with Gasteiger partial charge in [0.1, 0.15) is 6.67 Å². The second-order valence-corrected chi connectivity index (χ2v) is 2.29. The molecule has 1 fully saturated rings. The van der Waals surface area contributed by atoms with Crippen molar-refractivity contribution < 1.29 is 9.18 Å². The normalized spacial score (nSPS) is 26.8. The summed E-state index contributed by atoms with van der Waals surface area (Å²) in [6, 6.07) is -0.123. The van der Waals surface area contributed by atoms with Crippen LogP contribution in [-0.4, -0.2) is 30.6 Å². The molecule has 1 aliphatic heterocycles. The van der Waals surface area contributed by atoms with E-state index in [0.29, 0.717) is 0 Å². The van der Waals surface area contributed by atoms with E-state index in [1.807, 2.05) is 0 Å². The molecule has 3 heteroatoms. The molecule has 1 saturated heterocycles. The number of halogens is 1. The maximum atomic E-state index is 11.9. The van der Waals surface area contributed by atoms with Gasteiger partial charge in [-0.2, -0.15) is 0 Å². The van der Waals surface area contributed by atoms with E-state index >= 15 is 0 Å². The fraction of sp³-hybridized carbons (Fsp3) is 0.833. The Labute approximate surface area is 53.6 Å². The summed E-state index contributed by atoms with van der Waals surface area (Å²) in [6.45, 7) is 0.344. The molecule has 0 bridgehead atoms. The monoisotopic (exact) mass is 131 g/mol. The summed E-state index contributed by atoms with van der Waals surface area (Å²) in [5, 5.41) is 0. The molecular formula is C6H10FNO. The minimum Gasteiger partial charge on any atom is -0.340 e. The lowest BCUT2D eigenvalue weighted by Crippen LogP contribution is -2.29. The maximum Gasteiger partial charge on any atom is 0.210 e. The van der Waals surface area contributed by atoms with Gasteiger partial charge in [0.25, 0.3) is 0 Å². The molecule has 1 amide bonds. The lowest BCUT2D eigenvalue weighted by atomic mass is 10.2. The molecule has 9 heavy (non-hydrogen) atoms. The first-order valence-electron chi connectivity index (χ1n) is 3.15. The van der Waals surface area contributed by atoms with Crippen LogP contribution in [0.4, 0.5) is 4.39 Å². The van der Waals surface area contributed by atoms with Gasteiger partial charge < -0.3 is 4.90 Å². The molecule has 1 atom stereocenters. The van der Waals surface area contributed by atoms with Crippen LogP contribution in [0.15, 0.2) is 0 Å². The van der Waals surface area contributed by atoms with Crippen LogP contribution in [0.3, 0.4) is 0 Å². The lowest BCUT2D eigenvalue weighted by Gasteiger charge is -2.15. The van der Waals surface area contributed by atoms with Gasteiger partial charge in [0.2, 0.25) is 6.41 Å². The molecule has 0 N–H and O–H groups in total. The molecule has 1 heterocycles. The summed E-state index contributed by atoms with van der Waals surface area (Å²) < 4.78 is 11.9. The van der Waals surface area contributed by atoms with Crippen LogP contribution in [0.2, 0.25) is 0 Å². The molecule has 2 nitrogen and oxygen atoms in total. The number of nitrogens with zero attached hydrogens (tertiary/aromatic N) is 1. The molecule has 0 aromatic rings. The van der Waals surface area contributed by atoms with Crippen molar-refractivity contribution in [2.45, 2.75) is 18.9 Å². The molecule has 0 aromatic carbocycles. The van der Waals surface area contributed by atoms with Crippen molar-refractivity contribution in [2.75, 3.05) is 13.2 Å². The summed E-state index contributed by atoms with van der Waals surface area (Å²) >= 11 is 0. The van der Waals surface area contributed by atoms with Crippen molar-refractivity contribution in [2.24, 2.45) is 0 Å². The van der Waals surface area contributed by atoms with Gasteiger partial charge in [-0.3, -0.25) is 4.79 Å². The first-order valence-corrected chi connectivity index (χ1v) is 3.15. The Kier molecular flexibility index (Phi) is 2.03. The van der Waals surface area contributed by atoms with E-state index in [1.165, 1.54) is 4.90 Å². The third kappa shape index (κ3) is 1.20. The number of hydrogen-bond acceptors (Lipinski definition) is 1. The van der Waals surface area contributed by atoms with Crippen LogP contribution in [0.25, 0.3) is 0 Å². The van der Waals surface area contributed by atoms with Crippen molar-refractivity contribution in [3.8, 4) is 0 Å². The number of hydrogen-bond donors (Lipinski definition) is 0. The van der Waals surface area contributed by atoms with E-state index in [2.05, 4.69) is 0 Å². The first-order chi connectivity index (χ1) is 4.38. The molecule has 0 aliphatic carbocycles. The van der Waals surface area contributed by atoms with Gasteiger partial charge in [-0.1, -0.05) is 0 Å². The van der Waals surface area contributed by atoms with Crippen LogP contribution < -0.4 is 0 Å². The van der Waals surface area contributed by atoms with E-state index in [0.717, 1.165) is 25.8 Å². The molecular weight excluding hydrogens is 121 g/mol. The Morgan fingerprint density at radius 2 is 2.56 bits per heavy atom. The zero-order valence-corrected chi connectivity index (χ0v) is 5.22. The molecule has 0 spiro atoms. The van der Waals surface area contributed by atoms with Crippen molar-refractivity contribution in [3.05, 3.63) is 0 Å². The smallest absolute Gasteiger partial charge is 0.210 e. The minimum atomic E-state index is -0.390. The summed E-state index contributed by atoms with van der Waals surface area (Å²) in [4.78, 5) is 11.7. The fourth-order valence-electron chi connectivity index (χ4n) is 1.16. The second-order valence-electron chi connectivity index (χ2n) is 2.29. The molecule has 0 aromatic heterocycles. The van der Waals surface area contributed by atoms with Crippen molar-refractivity contribution in [3.63, 3.8) is 0 Å². The molecule has 0 saturated carbocycles. The predicted molar refractivity (Wildman–Crippen MR) is 31.8 cm³/mol. The number of likely N-dealkylation sites (tertiary alicyclic amines) is 1. The molecule has 1 aliphatic rings. The van der Waals surface area contributed by atoms with Crippen LogP contribution in [0.5, 0.6) is 0 Å². The number of amides is 1. The van der Waals surface area contributed by atoms with Crippen LogP contribution in [0, 0.1) is 0 Å². The Morgan fingerprint density at radius 3 is 3.00 bits per heavy atom. The molecule has 52 valence electrons. The highest BCUT2D eigenvalue weighted by molar-refractivity contribution is 5.48. The fourth-order valence-corrected chi connectivity index (χ4v) is 1.16. The predicted octanol–water partition coefficient (Wildman–Crippen LogP) is 0.577. The maximum absolute atomic E-state index is 11.9. The summed E-state index contributed by atoms with van der Waals surface area (Å²) in [5.41, 5.74) is 0. The third-order valence-electron chi connectivity index (χ3n) is 1.74. The average molecular weight is 131 g/mol. The van der Waals surface area contributed by atoms with Gasteiger partial charge >= 0.3 is 0 Å². The van der Waals surface area contributed by atoms with Gasteiger partial charge in [0.15, 0.2) is 0 Å². The first kappa shape index (κ1) is 6.52. The van der Waals surface area contributed by atoms with Crippen LogP contribution in [-0.2, 0) is 4.79 Å². The van der Waals surface area contributed by atoms with Gasteiger partial charge in [-0.25, -0.2) is 4.39 Å². The van der Waals surface area contributed by atoms with Crippen molar-refractivity contribution >= 4 is 6.41 Å². The van der Waals surface area contributed by atoms with E-state index in [9.17, 15) is 9.18 Å². The van der Waals surface area contributed by atoms with E-state index in [4.69, 9.17) is 0 Å². The number of carbonyl (C=O) groups is 1. The van der Waals surface area contributed by atoms with Gasteiger partial charge in [0, 0.05) is 6.54 Å². The summed E-state index contributed by atoms with van der Waals surface area (Å²) in [5.74, 6) is 0. The highest BCUT2D eigenvalue weighted by atomic mass is 19.1. The number of carbonyl (C=O) groups excluding carboxylic acids is 1. The number of alkyl halides is 1. The van der Waals surface area contributed by atoms with Crippen molar-refractivity contribution in [1.29, 1.82) is 0 Å². The van der Waals surface area contributed by atoms with Gasteiger partial charge in [-0.15, -0.1) is 0 Å². The largest absolute Gasteiger partial charge is 0.340 e. The Bertz CT molecular complexity index is 107. The highest BCUT2D eigenvalue weighted by Crippen LogP contribution is 2.14. The minimum absolute atomic E-state index is 0.123. The Morgan fingerprint density at radius 1 is 1.78 bits per heavy atom. The summed E-state index contributed by atoms with van der Waals surface area (Å²) in [6.07, 6.45) is 2.51. The topological polar surface area (TPSA) is 20.3 Å². The number of rotatable bonds is 2. The van der Waals surface area contributed by atoms with Gasteiger partial charge in [-0.05, 0) is 12.8 Å². The molecule has 1 rings (SSSR count). The average Bonchev–Trinajstić information content (AvgIpc) is 2.33. The molecule has 0 radical (unpaired) electrons. The van der Waals surface area contributed by atoms with E-state index in [1.54, 1.807) is 0 Å².